The Balaban J connectivity index is 1.48. The molecule has 4 rings (SSSR count). The SMILES string of the molecule is CC1O[C@@H](C)C(OC(=O)c2ccccc2)[C@@H](C)[C@@H]1O[C@H]1OC(COC(=O)c2ccccc2)[C@@H](C)[C@H](C)C1N=[N+]=[N-]. The van der Waals surface area contributed by atoms with Crippen molar-refractivity contribution in [2.45, 2.75) is 77.5 Å². The molecule has 2 fully saturated rings. The Labute approximate surface area is 234 Å². The van der Waals surface area contributed by atoms with E-state index in [-0.39, 0.29) is 36.6 Å². The van der Waals surface area contributed by atoms with E-state index in [0.717, 1.165) is 0 Å². The van der Waals surface area contributed by atoms with E-state index in [1.807, 2.05) is 46.8 Å². The number of carbonyl (C=O) groups excluding carboxylic acids is 2. The summed E-state index contributed by atoms with van der Waals surface area (Å²) in [6.45, 7) is 9.65. The predicted octanol–water partition coefficient (Wildman–Crippen LogP) is 5.57. The van der Waals surface area contributed by atoms with Crippen molar-refractivity contribution in [2.75, 3.05) is 6.61 Å². The van der Waals surface area contributed by atoms with Gasteiger partial charge in [-0.15, -0.1) is 0 Å². The van der Waals surface area contributed by atoms with Crippen molar-refractivity contribution in [3.8, 4) is 0 Å². The van der Waals surface area contributed by atoms with Gasteiger partial charge in [0.05, 0.1) is 41.6 Å². The van der Waals surface area contributed by atoms with Gasteiger partial charge in [0.25, 0.3) is 0 Å². The second-order valence-corrected chi connectivity index (χ2v) is 10.7. The van der Waals surface area contributed by atoms with Crippen LogP contribution in [0.25, 0.3) is 10.4 Å². The van der Waals surface area contributed by atoms with Crippen LogP contribution in [0.2, 0.25) is 0 Å². The lowest BCUT2D eigenvalue weighted by atomic mass is 9.82. The number of azide groups is 1. The molecule has 0 aliphatic carbocycles. The van der Waals surface area contributed by atoms with E-state index < -0.39 is 42.6 Å². The second-order valence-electron chi connectivity index (χ2n) is 10.7. The molecule has 4 unspecified atom stereocenters. The van der Waals surface area contributed by atoms with Crippen LogP contribution in [0.1, 0.15) is 55.3 Å². The molecule has 2 saturated heterocycles. The maximum atomic E-state index is 12.8. The molecular formula is C30H37N3O7. The third-order valence-electron chi connectivity index (χ3n) is 8.05. The maximum absolute atomic E-state index is 12.8. The molecule has 214 valence electrons. The van der Waals surface area contributed by atoms with E-state index in [4.69, 9.17) is 23.7 Å². The van der Waals surface area contributed by atoms with E-state index in [0.29, 0.717) is 11.1 Å². The lowest BCUT2D eigenvalue weighted by molar-refractivity contribution is -0.293. The molecule has 2 aromatic carbocycles. The zero-order valence-electron chi connectivity index (χ0n) is 23.5. The summed E-state index contributed by atoms with van der Waals surface area (Å²) in [6.07, 6.45) is -3.22. The van der Waals surface area contributed by atoms with Crippen molar-refractivity contribution in [1.82, 2.24) is 0 Å². The van der Waals surface area contributed by atoms with E-state index in [9.17, 15) is 15.1 Å². The molecular weight excluding hydrogens is 514 g/mol. The lowest BCUT2D eigenvalue weighted by Crippen LogP contribution is -2.58. The number of carbonyl (C=O) groups is 2. The first-order valence-corrected chi connectivity index (χ1v) is 13.7. The Morgan fingerprint density at radius 3 is 1.98 bits per heavy atom. The van der Waals surface area contributed by atoms with Crippen molar-refractivity contribution < 1.29 is 33.3 Å². The predicted molar refractivity (Wildman–Crippen MR) is 146 cm³/mol. The average molecular weight is 552 g/mol. The zero-order valence-corrected chi connectivity index (χ0v) is 23.5. The van der Waals surface area contributed by atoms with Crippen molar-refractivity contribution in [3.05, 3.63) is 82.2 Å². The molecule has 0 radical (unpaired) electrons. The average Bonchev–Trinajstić information content (AvgIpc) is 2.96. The van der Waals surface area contributed by atoms with Gasteiger partial charge in [0.2, 0.25) is 0 Å². The largest absolute Gasteiger partial charge is 0.459 e. The molecule has 0 bridgehead atoms. The molecule has 2 aliphatic rings. The van der Waals surface area contributed by atoms with E-state index in [1.54, 1.807) is 48.5 Å². The van der Waals surface area contributed by atoms with Crippen LogP contribution in [0.5, 0.6) is 0 Å². The molecule has 10 atom stereocenters. The Kier molecular flexibility index (Phi) is 9.81. The lowest BCUT2D eigenvalue weighted by Gasteiger charge is -2.48. The highest BCUT2D eigenvalue weighted by Crippen LogP contribution is 2.38. The summed E-state index contributed by atoms with van der Waals surface area (Å²) >= 11 is 0. The van der Waals surface area contributed by atoms with Crippen LogP contribution in [0.15, 0.2) is 65.8 Å². The van der Waals surface area contributed by atoms with Crippen LogP contribution in [-0.4, -0.2) is 61.4 Å². The van der Waals surface area contributed by atoms with Crippen molar-refractivity contribution in [1.29, 1.82) is 0 Å². The Morgan fingerprint density at radius 1 is 0.800 bits per heavy atom. The van der Waals surface area contributed by atoms with E-state index >= 15 is 0 Å². The summed E-state index contributed by atoms with van der Waals surface area (Å²) in [7, 11) is 0. The monoisotopic (exact) mass is 551 g/mol. The fourth-order valence-electron chi connectivity index (χ4n) is 5.51. The topological polar surface area (TPSA) is 129 Å². The molecule has 10 nitrogen and oxygen atoms in total. The molecule has 0 aromatic heterocycles. The fourth-order valence-corrected chi connectivity index (χ4v) is 5.51. The third-order valence-corrected chi connectivity index (χ3v) is 8.05. The Morgan fingerprint density at radius 2 is 1.38 bits per heavy atom. The van der Waals surface area contributed by atoms with Gasteiger partial charge in [0, 0.05) is 10.8 Å². The third kappa shape index (κ3) is 6.64. The number of ether oxygens (including phenoxy) is 5. The van der Waals surface area contributed by atoms with Crippen molar-refractivity contribution >= 4 is 11.9 Å². The standard InChI is InChI=1S/C30H37N3O7/c1-17-18(2)25(32-33-31)30(38-24(17)16-36-28(34)22-12-8-6-9-13-22)40-27-19(3)26(20(4)37-21(27)5)39-29(35)23-14-10-7-11-15-23/h6-15,17-21,24-27,30H,16H2,1-5H3/t17-,18-,19+,20-,21?,24?,25?,26?,27-,30+/m0/s1. The first-order chi connectivity index (χ1) is 19.2. The van der Waals surface area contributed by atoms with Gasteiger partial charge >= 0.3 is 11.9 Å². The van der Waals surface area contributed by atoms with Crippen molar-refractivity contribution in [3.63, 3.8) is 0 Å². The van der Waals surface area contributed by atoms with E-state index in [2.05, 4.69) is 10.0 Å². The van der Waals surface area contributed by atoms with Crippen LogP contribution >= 0.6 is 0 Å². The summed E-state index contributed by atoms with van der Waals surface area (Å²) in [6, 6.07) is 16.9. The van der Waals surface area contributed by atoms with Crippen LogP contribution in [0.3, 0.4) is 0 Å². The number of hydrogen-bond acceptors (Lipinski definition) is 8. The number of benzene rings is 2. The van der Waals surface area contributed by atoms with Gasteiger partial charge in [0.1, 0.15) is 12.7 Å². The highest BCUT2D eigenvalue weighted by Gasteiger charge is 2.48. The minimum Gasteiger partial charge on any atom is -0.459 e. The molecule has 2 aromatic rings. The summed E-state index contributed by atoms with van der Waals surface area (Å²) in [5.74, 6) is -1.36. The summed E-state index contributed by atoms with van der Waals surface area (Å²) < 4.78 is 30.4. The maximum Gasteiger partial charge on any atom is 0.338 e. The minimum atomic E-state index is -0.917. The summed E-state index contributed by atoms with van der Waals surface area (Å²) in [5.41, 5.74) is 10.2. The molecule has 0 N–H and O–H groups in total. The van der Waals surface area contributed by atoms with Crippen LogP contribution < -0.4 is 0 Å². The fraction of sp³-hybridized carbons (Fsp3) is 0.533. The molecule has 10 heteroatoms. The van der Waals surface area contributed by atoms with Crippen LogP contribution in [0.4, 0.5) is 0 Å². The normalized spacial score (nSPS) is 33.8. The van der Waals surface area contributed by atoms with Gasteiger partial charge in [0.15, 0.2) is 6.29 Å². The van der Waals surface area contributed by atoms with Gasteiger partial charge in [-0.2, -0.15) is 0 Å². The highest BCUT2D eigenvalue weighted by molar-refractivity contribution is 5.89. The van der Waals surface area contributed by atoms with Gasteiger partial charge in [-0.25, -0.2) is 9.59 Å². The van der Waals surface area contributed by atoms with E-state index in [1.165, 1.54) is 0 Å². The summed E-state index contributed by atoms with van der Waals surface area (Å²) in [5, 5.41) is 4.01. The second kappa shape index (κ2) is 13.3. The first kappa shape index (κ1) is 29.6. The quantitative estimate of drug-likeness (QED) is 0.181. The summed E-state index contributed by atoms with van der Waals surface area (Å²) in [4.78, 5) is 28.4. The molecule has 2 heterocycles. The number of rotatable bonds is 8. The smallest absolute Gasteiger partial charge is 0.338 e. The number of esters is 2. The van der Waals surface area contributed by atoms with Gasteiger partial charge < -0.3 is 23.7 Å². The number of nitrogens with zero attached hydrogens (tertiary/aromatic N) is 3. The molecule has 0 saturated carbocycles. The molecule has 2 aliphatic heterocycles. The zero-order chi connectivity index (χ0) is 28.8. The Bertz CT molecular complexity index is 1190. The first-order valence-electron chi connectivity index (χ1n) is 13.7. The Hall–Kier alpha value is -3.43. The molecule has 0 amide bonds. The van der Waals surface area contributed by atoms with Crippen molar-refractivity contribution in [2.24, 2.45) is 22.9 Å². The minimum absolute atomic E-state index is 0.0166. The number of hydrogen-bond donors (Lipinski definition) is 0. The van der Waals surface area contributed by atoms with Gasteiger partial charge in [-0.05, 0) is 55.5 Å². The molecule has 40 heavy (non-hydrogen) atoms. The highest BCUT2D eigenvalue weighted by atomic mass is 16.7. The van der Waals surface area contributed by atoms with Crippen LogP contribution in [0, 0.1) is 17.8 Å². The van der Waals surface area contributed by atoms with Gasteiger partial charge in [-0.3, -0.25) is 0 Å². The van der Waals surface area contributed by atoms with Crippen LogP contribution in [-0.2, 0) is 23.7 Å². The van der Waals surface area contributed by atoms with Gasteiger partial charge in [-0.1, -0.05) is 62.3 Å². The molecule has 0 spiro atoms.